The van der Waals surface area contributed by atoms with Crippen molar-refractivity contribution < 1.29 is 9.59 Å². The Morgan fingerprint density at radius 1 is 1.17 bits per heavy atom. The molecule has 3 aromatic rings. The first-order valence-electron chi connectivity index (χ1n) is 9.33. The molecule has 7 heteroatoms. The predicted octanol–water partition coefficient (Wildman–Crippen LogP) is 4.83. The van der Waals surface area contributed by atoms with E-state index in [2.05, 4.69) is 10.3 Å². The number of carbonyl (C=O) groups excluding carboxylic acids is 2. The summed E-state index contributed by atoms with van der Waals surface area (Å²) < 4.78 is 0.892. The SMILES string of the molecule is CSc1nc(-c2ccccc2)c(NC(=O)C2CC(=O)N(c3ccc(C)cc3)C2)s1. The number of hydrogen-bond acceptors (Lipinski definition) is 5. The van der Waals surface area contributed by atoms with E-state index in [4.69, 9.17) is 0 Å². The van der Waals surface area contributed by atoms with Gasteiger partial charge >= 0.3 is 0 Å². The summed E-state index contributed by atoms with van der Waals surface area (Å²) in [5.74, 6) is -0.542. The van der Waals surface area contributed by atoms with Crippen molar-refractivity contribution in [2.75, 3.05) is 23.0 Å². The van der Waals surface area contributed by atoms with Gasteiger partial charge in [-0.2, -0.15) is 0 Å². The Kier molecular flexibility index (Phi) is 5.69. The lowest BCUT2D eigenvalue weighted by Crippen LogP contribution is -2.28. The van der Waals surface area contributed by atoms with Gasteiger partial charge in [0.2, 0.25) is 11.8 Å². The summed E-state index contributed by atoms with van der Waals surface area (Å²) in [6, 6.07) is 17.6. The van der Waals surface area contributed by atoms with Crippen LogP contribution in [0.3, 0.4) is 0 Å². The molecule has 0 bridgehead atoms. The second-order valence-electron chi connectivity index (χ2n) is 6.96. The molecule has 1 aliphatic heterocycles. The van der Waals surface area contributed by atoms with E-state index >= 15 is 0 Å². The second-order valence-corrected chi connectivity index (χ2v) is 9.01. The molecule has 0 saturated carbocycles. The summed E-state index contributed by atoms with van der Waals surface area (Å²) >= 11 is 3.01. The van der Waals surface area contributed by atoms with Crippen molar-refractivity contribution in [1.29, 1.82) is 0 Å². The van der Waals surface area contributed by atoms with Crippen molar-refractivity contribution in [1.82, 2.24) is 4.98 Å². The first-order chi connectivity index (χ1) is 14.0. The first-order valence-corrected chi connectivity index (χ1v) is 11.4. The fraction of sp³-hybridized carbons (Fsp3) is 0.227. The van der Waals surface area contributed by atoms with Crippen molar-refractivity contribution in [3.63, 3.8) is 0 Å². The van der Waals surface area contributed by atoms with Gasteiger partial charge in [-0.15, -0.1) is 0 Å². The zero-order valence-corrected chi connectivity index (χ0v) is 17.8. The molecule has 1 saturated heterocycles. The molecule has 29 heavy (non-hydrogen) atoms. The Balaban J connectivity index is 1.52. The van der Waals surface area contributed by atoms with Crippen LogP contribution in [-0.4, -0.2) is 29.6 Å². The quantitative estimate of drug-likeness (QED) is 0.597. The molecule has 1 N–H and O–H groups in total. The lowest BCUT2D eigenvalue weighted by Gasteiger charge is -2.17. The van der Waals surface area contributed by atoms with Crippen LogP contribution in [0.4, 0.5) is 10.7 Å². The maximum atomic E-state index is 13.0. The van der Waals surface area contributed by atoms with E-state index in [1.165, 1.54) is 11.3 Å². The molecule has 2 aromatic carbocycles. The van der Waals surface area contributed by atoms with Crippen LogP contribution in [-0.2, 0) is 9.59 Å². The third kappa shape index (κ3) is 4.21. The van der Waals surface area contributed by atoms with E-state index in [0.29, 0.717) is 6.54 Å². The second kappa shape index (κ2) is 8.39. The van der Waals surface area contributed by atoms with Crippen molar-refractivity contribution in [2.24, 2.45) is 5.92 Å². The highest BCUT2D eigenvalue weighted by atomic mass is 32.2. The minimum atomic E-state index is -0.382. The molecule has 1 aromatic heterocycles. The number of anilines is 2. The maximum Gasteiger partial charge on any atom is 0.230 e. The van der Waals surface area contributed by atoms with Crippen LogP contribution < -0.4 is 10.2 Å². The van der Waals surface area contributed by atoms with E-state index in [1.807, 2.05) is 67.8 Å². The molecule has 1 aliphatic rings. The molecule has 1 atom stereocenters. The molecule has 1 unspecified atom stereocenters. The average Bonchev–Trinajstić information content (AvgIpc) is 3.33. The summed E-state index contributed by atoms with van der Waals surface area (Å²) in [5.41, 5.74) is 3.71. The fourth-order valence-electron chi connectivity index (χ4n) is 3.34. The number of nitrogens with one attached hydrogen (secondary N) is 1. The van der Waals surface area contributed by atoms with Gasteiger partial charge in [-0.3, -0.25) is 9.59 Å². The summed E-state index contributed by atoms with van der Waals surface area (Å²) in [6.07, 6.45) is 2.18. The molecule has 4 rings (SSSR count). The molecule has 148 valence electrons. The molecule has 1 fully saturated rings. The Morgan fingerprint density at radius 2 is 1.90 bits per heavy atom. The van der Waals surface area contributed by atoms with E-state index in [1.54, 1.807) is 16.7 Å². The van der Waals surface area contributed by atoms with Gasteiger partial charge in [0.05, 0.1) is 5.92 Å². The normalized spacial score (nSPS) is 16.3. The largest absolute Gasteiger partial charge is 0.316 e. The van der Waals surface area contributed by atoms with Crippen LogP contribution in [0, 0.1) is 12.8 Å². The lowest BCUT2D eigenvalue weighted by atomic mass is 10.1. The van der Waals surface area contributed by atoms with Crippen LogP contribution in [0.5, 0.6) is 0 Å². The van der Waals surface area contributed by atoms with E-state index in [0.717, 1.165) is 31.8 Å². The number of carbonyl (C=O) groups is 2. The van der Waals surface area contributed by atoms with Crippen molar-refractivity contribution in [3.8, 4) is 11.3 Å². The van der Waals surface area contributed by atoms with Crippen molar-refractivity contribution in [2.45, 2.75) is 17.7 Å². The van der Waals surface area contributed by atoms with Gasteiger partial charge in [-0.05, 0) is 25.3 Å². The number of benzene rings is 2. The average molecular weight is 424 g/mol. The molecule has 0 radical (unpaired) electrons. The highest BCUT2D eigenvalue weighted by Crippen LogP contribution is 2.37. The zero-order valence-electron chi connectivity index (χ0n) is 16.2. The molecule has 0 spiro atoms. The molecule has 5 nitrogen and oxygen atoms in total. The highest BCUT2D eigenvalue weighted by molar-refractivity contribution is 8.00. The Hall–Kier alpha value is -2.64. The van der Waals surface area contributed by atoms with Gasteiger partial charge in [0.25, 0.3) is 0 Å². The van der Waals surface area contributed by atoms with Gasteiger partial charge in [0.15, 0.2) is 4.34 Å². The first kappa shape index (κ1) is 19.7. The number of hydrogen-bond donors (Lipinski definition) is 1. The molecular formula is C22H21N3O2S2. The molecule has 2 heterocycles. The number of aromatic nitrogens is 1. The number of thioether (sulfide) groups is 1. The van der Waals surface area contributed by atoms with E-state index in [-0.39, 0.29) is 24.2 Å². The minimum Gasteiger partial charge on any atom is -0.316 e. The van der Waals surface area contributed by atoms with Gasteiger partial charge < -0.3 is 10.2 Å². The van der Waals surface area contributed by atoms with Crippen LogP contribution >= 0.6 is 23.1 Å². The van der Waals surface area contributed by atoms with Crippen LogP contribution in [0.25, 0.3) is 11.3 Å². The Bertz CT molecular complexity index is 1030. The number of thiazole rings is 1. The fourth-order valence-corrected chi connectivity index (χ4v) is 4.82. The zero-order chi connectivity index (χ0) is 20.4. The predicted molar refractivity (Wildman–Crippen MR) is 120 cm³/mol. The minimum absolute atomic E-state index is 0.0219. The third-order valence-electron chi connectivity index (χ3n) is 4.91. The summed E-state index contributed by atoms with van der Waals surface area (Å²) in [4.78, 5) is 31.8. The van der Waals surface area contributed by atoms with E-state index in [9.17, 15) is 9.59 Å². The standard InChI is InChI=1S/C22H21N3O2S2/c1-14-8-10-17(11-9-14)25-13-16(12-18(25)26)20(27)24-21-19(23-22(28-2)29-21)15-6-4-3-5-7-15/h3-11,16H,12-13H2,1-2H3,(H,24,27). The van der Waals surface area contributed by atoms with Gasteiger partial charge in [0, 0.05) is 24.2 Å². The van der Waals surface area contributed by atoms with Crippen molar-refractivity contribution in [3.05, 3.63) is 60.2 Å². The molecule has 2 amide bonds. The number of nitrogens with zero attached hydrogens (tertiary/aromatic N) is 2. The van der Waals surface area contributed by atoms with Crippen LogP contribution in [0.2, 0.25) is 0 Å². The summed E-state index contributed by atoms with van der Waals surface area (Å²) in [5, 5.41) is 3.76. The summed E-state index contributed by atoms with van der Waals surface area (Å²) in [6.45, 7) is 2.40. The number of rotatable bonds is 5. The van der Waals surface area contributed by atoms with Gasteiger partial charge in [0.1, 0.15) is 10.7 Å². The highest BCUT2D eigenvalue weighted by Gasteiger charge is 2.35. The Morgan fingerprint density at radius 3 is 2.59 bits per heavy atom. The summed E-state index contributed by atoms with van der Waals surface area (Å²) in [7, 11) is 0. The Labute approximate surface area is 178 Å². The van der Waals surface area contributed by atoms with Gasteiger partial charge in [-0.1, -0.05) is 71.1 Å². The lowest BCUT2D eigenvalue weighted by molar-refractivity contribution is -0.122. The van der Waals surface area contributed by atoms with E-state index < -0.39 is 0 Å². The molecule has 0 aliphatic carbocycles. The topological polar surface area (TPSA) is 62.3 Å². The number of amides is 2. The smallest absolute Gasteiger partial charge is 0.230 e. The van der Waals surface area contributed by atoms with Gasteiger partial charge in [-0.25, -0.2) is 4.98 Å². The number of aryl methyl sites for hydroxylation is 1. The maximum absolute atomic E-state index is 13.0. The van der Waals surface area contributed by atoms with Crippen molar-refractivity contribution >= 4 is 45.6 Å². The molecular weight excluding hydrogens is 402 g/mol. The third-order valence-corrected chi connectivity index (χ3v) is 6.86. The monoisotopic (exact) mass is 423 g/mol. The van der Waals surface area contributed by atoms with Crippen LogP contribution in [0.1, 0.15) is 12.0 Å². The van der Waals surface area contributed by atoms with Crippen LogP contribution in [0.15, 0.2) is 58.9 Å².